The van der Waals surface area contributed by atoms with Crippen molar-refractivity contribution in [2.75, 3.05) is 25.6 Å². The monoisotopic (exact) mass is 546 g/mol. The van der Waals surface area contributed by atoms with E-state index in [0.717, 1.165) is 27.8 Å². The largest absolute Gasteiger partial charge is 0.388 e. The summed E-state index contributed by atoms with van der Waals surface area (Å²) in [5, 5.41) is 12.5. The van der Waals surface area contributed by atoms with Crippen LogP contribution in [-0.2, 0) is 27.4 Å². The molecule has 194 valence electrons. The maximum atomic E-state index is 11.6. The Morgan fingerprint density at radius 1 is 0.944 bits per heavy atom. The van der Waals surface area contributed by atoms with Gasteiger partial charge in [0.2, 0.25) is 0 Å². The van der Waals surface area contributed by atoms with Gasteiger partial charge < -0.3 is 24.2 Å². The van der Waals surface area contributed by atoms with E-state index >= 15 is 0 Å². The smallest absolute Gasteiger partial charge is 0.161 e. The standard InChI is InChI=1S/C27H34N2O4S3/c1-29(2)27-28-20-22(31-16-18-10-5-3-6-11-18)24(32-17-19-12-7-4-8-13-19)23(33-25(20)36-27)21(30)26-34-14-9-15-35-26/h3-8,10-13,20-26,30H,9,14-17H2,1-2H3/t20-,21-,22-,23-,24+,25-/m1/s1. The molecule has 0 aliphatic carbocycles. The Labute approximate surface area is 226 Å². The minimum Gasteiger partial charge on any atom is -0.388 e. The van der Waals surface area contributed by atoms with Crippen molar-refractivity contribution in [3.8, 4) is 0 Å². The Morgan fingerprint density at radius 3 is 2.11 bits per heavy atom. The zero-order chi connectivity index (χ0) is 24.9. The van der Waals surface area contributed by atoms with Gasteiger partial charge >= 0.3 is 0 Å². The lowest BCUT2D eigenvalue weighted by atomic mass is 9.94. The normalized spacial score (nSPS) is 29.4. The molecule has 1 N–H and O–H groups in total. The van der Waals surface area contributed by atoms with Crippen molar-refractivity contribution in [1.82, 2.24) is 4.90 Å². The summed E-state index contributed by atoms with van der Waals surface area (Å²) in [7, 11) is 3.99. The molecular weight excluding hydrogens is 513 g/mol. The average molecular weight is 547 g/mol. The van der Waals surface area contributed by atoms with E-state index in [9.17, 15) is 5.11 Å². The first-order valence-electron chi connectivity index (χ1n) is 12.4. The summed E-state index contributed by atoms with van der Waals surface area (Å²) in [6, 6.07) is 20.1. The lowest BCUT2D eigenvalue weighted by molar-refractivity contribution is -0.218. The fourth-order valence-electron chi connectivity index (χ4n) is 4.61. The quantitative estimate of drug-likeness (QED) is 0.520. The highest BCUT2D eigenvalue weighted by Crippen LogP contribution is 2.43. The van der Waals surface area contributed by atoms with E-state index in [1.165, 1.54) is 6.42 Å². The number of hydrogen-bond donors (Lipinski definition) is 1. The Hall–Kier alpha value is -1.20. The van der Waals surface area contributed by atoms with Crippen molar-refractivity contribution >= 4 is 40.5 Å². The fourth-order valence-corrected chi connectivity index (χ4v) is 8.69. The summed E-state index contributed by atoms with van der Waals surface area (Å²) < 4.78 is 19.9. The summed E-state index contributed by atoms with van der Waals surface area (Å²) in [5.74, 6) is 2.11. The molecule has 3 heterocycles. The summed E-state index contributed by atoms with van der Waals surface area (Å²) in [6.45, 7) is 0.871. The molecule has 3 aliphatic heterocycles. The number of aliphatic hydroxyl groups excluding tert-OH is 1. The van der Waals surface area contributed by atoms with Crippen LogP contribution in [0.1, 0.15) is 17.5 Å². The second-order valence-corrected chi connectivity index (χ2v) is 13.2. The van der Waals surface area contributed by atoms with Crippen LogP contribution in [0.4, 0.5) is 0 Å². The van der Waals surface area contributed by atoms with E-state index < -0.39 is 18.3 Å². The minimum absolute atomic E-state index is 0.0542. The lowest BCUT2D eigenvalue weighted by Crippen LogP contribution is -2.61. The predicted octanol–water partition coefficient (Wildman–Crippen LogP) is 4.47. The molecule has 0 unspecified atom stereocenters. The van der Waals surface area contributed by atoms with Gasteiger partial charge in [0.25, 0.3) is 0 Å². The molecule has 0 aromatic heterocycles. The van der Waals surface area contributed by atoms with E-state index in [2.05, 4.69) is 24.3 Å². The van der Waals surface area contributed by atoms with Gasteiger partial charge in [-0.2, -0.15) is 0 Å². The average Bonchev–Trinajstić information content (AvgIpc) is 3.36. The summed E-state index contributed by atoms with van der Waals surface area (Å²) in [6.07, 6.45) is -0.826. The number of amidine groups is 1. The second-order valence-electron chi connectivity index (χ2n) is 9.36. The van der Waals surface area contributed by atoms with Gasteiger partial charge in [0.05, 0.1) is 17.8 Å². The van der Waals surface area contributed by atoms with Gasteiger partial charge in [-0.1, -0.05) is 72.4 Å². The Bertz CT molecular complexity index is 991. The third-order valence-electron chi connectivity index (χ3n) is 6.46. The molecule has 6 nitrogen and oxygen atoms in total. The van der Waals surface area contributed by atoms with Crippen LogP contribution in [0.2, 0.25) is 0 Å². The number of benzene rings is 2. The van der Waals surface area contributed by atoms with E-state index in [0.29, 0.717) is 13.2 Å². The molecule has 9 heteroatoms. The maximum Gasteiger partial charge on any atom is 0.161 e. The highest BCUT2D eigenvalue weighted by atomic mass is 32.2. The number of hydrogen-bond acceptors (Lipinski definition) is 9. The zero-order valence-corrected chi connectivity index (χ0v) is 23.1. The van der Waals surface area contributed by atoms with E-state index in [4.69, 9.17) is 19.2 Å². The number of ether oxygens (including phenoxy) is 3. The lowest BCUT2D eigenvalue weighted by Gasteiger charge is -2.45. The van der Waals surface area contributed by atoms with E-state index in [1.54, 1.807) is 11.8 Å². The topological polar surface area (TPSA) is 63.5 Å². The third-order valence-corrected chi connectivity index (χ3v) is 10.8. The number of rotatable bonds is 8. The van der Waals surface area contributed by atoms with Crippen LogP contribution in [0.3, 0.4) is 0 Å². The molecular formula is C27H34N2O4S3. The van der Waals surface area contributed by atoms with Crippen LogP contribution < -0.4 is 0 Å². The molecule has 36 heavy (non-hydrogen) atoms. The highest BCUT2D eigenvalue weighted by molar-refractivity contribution is 8.17. The Balaban J connectivity index is 1.43. The molecule has 6 atom stereocenters. The number of nitrogens with zero attached hydrogens (tertiary/aromatic N) is 2. The summed E-state index contributed by atoms with van der Waals surface area (Å²) >= 11 is 5.24. The van der Waals surface area contributed by atoms with Crippen molar-refractivity contribution in [2.24, 2.45) is 4.99 Å². The first kappa shape index (κ1) is 26.4. The van der Waals surface area contributed by atoms with Crippen molar-refractivity contribution in [1.29, 1.82) is 0 Å². The molecule has 2 aromatic rings. The second kappa shape index (κ2) is 12.6. The first-order valence-corrected chi connectivity index (χ1v) is 15.4. The molecule has 0 bridgehead atoms. The maximum absolute atomic E-state index is 11.6. The van der Waals surface area contributed by atoms with Gasteiger partial charge in [-0.3, -0.25) is 4.99 Å². The van der Waals surface area contributed by atoms with E-state index in [-0.39, 0.29) is 22.2 Å². The minimum atomic E-state index is -0.672. The Morgan fingerprint density at radius 2 is 1.53 bits per heavy atom. The molecule has 0 saturated carbocycles. The van der Waals surface area contributed by atoms with Crippen LogP contribution in [0, 0.1) is 0 Å². The molecule has 2 fully saturated rings. The fraction of sp³-hybridized carbons (Fsp3) is 0.519. The van der Waals surface area contributed by atoms with Gasteiger partial charge in [0.15, 0.2) is 5.17 Å². The SMILES string of the molecule is CN(C)C1=N[C@@H]2[C@@H](OCc3ccccc3)[C@H](OCc3ccccc3)[C@@H]([C@@H](O)C3SCCCS3)O[C@@H]2S1. The number of aliphatic imine (C=N–C) groups is 1. The number of thioether (sulfide) groups is 3. The first-order chi connectivity index (χ1) is 17.6. The molecule has 2 saturated heterocycles. The van der Waals surface area contributed by atoms with Crippen LogP contribution in [0.5, 0.6) is 0 Å². The van der Waals surface area contributed by atoms with Crippen LogP contribution in [0.15, 0.2) is 65.7 Å². The van der Waals surface area contributed by atoms with Crippen LogP contribution in [0.25, 0.3) is 0 Å². The number of fused-ring (bicyclic) bond motifs is 1. The molecule has 0 spiro atoms. The molecule has 3 aliphatic rings. The summed E-state index contributed by atoms with van der Waals surface area (Å²) in [5.41, 5.74) is 1.95. The van der Waals surface area contributed by atoms with Gasteiger partial charge in [0.1, 0.15) is 35.9 Å². The predicted molar refractivity (Wildman–Crippen MR) is 151 cm³/mol. The van der Waals surface area contributed by atoms with Crippen molar-refractivity contribution in [2.45, 2.75) is 60.1 Å². The van der Waals surface area contributed by atoms with Gasteiger partial charge in [-0.05, 0) is 29.1 Å². The molecule has 0 radical (unpaired) electrons. The van der Waals surface area contributed by atoms with Gasteiger partial charge in [-0.25, -0.2) is 0 Å². The summed E-state index contributed by atoms with van der Waals surface area (Å²) in [4.78, 5) is 7.01. The zero-order valence-electron chi connectivity index (χ0n) is 20.6. The number of aliphatic hydroxyl groups is 1. The van der Waals surface area contributed by atoms with Crippen molar-refractivity contribution in [3.05, 3.63) is 71.8 Å². The molecule has 2 aromatic carbocycles. The van der Waals surface area contributed by atoms with Crippen molar-refractivity contribution in [3.63, 3.8) is 0 Å². The van der Waals surface area contributed by atoms with Crippen molar-refractivity contribution < 1.29 is 19.3 Å². The van der Waals surface area contributed by atoms with Gasteiger partial charge in [0, 0.05) is 14.1 Å². The Kier molecular flexibility index (Phi) is 9.22. The third kappa shape index (κ3) is 6.26. The van der Waals surface area contributed by atoms with Crippen LogP contribution >= 0.6 is 35.3 Å². The van der Waals surface area contributed by atoms with E-state index in [1.807, 2.05) is 78.9 Å². The molecule has 5 rings (SSSR count). The molecule has 0 amide bonds. The van der Waals surface area contributed by atoms with Gasteiger partial charge in [-0.15, -0.1) is 23.5 Å². The highest BCUT2D eigenvalue weighted by Gasteiger charge is 2.54. The van der Waals surface area contributed by atoms with Crippen LogP contribution in [-0.4, -0.2) is 81.3 Å².